The van der Waals surface area contributed by atoms with Crippen LogP contribution < -0.4 is 10.2 Å². The maximum absolute atomic E-state index is 8.68. The monoisotopic (exact) mass is 216 g/mol. The summed E-state index contributed by atoms with van der Waals surface area (Å²) < 4.78 is 0. The number of pyridine rings is 1. The fourth-order valence-electron chi connectivity index (χ4n) is 2.04. The molecule has 0 radical (unpaired) electrons. The molecular formula is C12H16N4. The fraction of sp³-hybridized carbons (Fsp3) is 0.500. The first-order chi connectivity index (χ1) is 7.81. The predicted octanol–water partition coefficient (Wildman–Crippen LogP) is 1.14. The lowest BCUT2D eigenvalue weighted by atomic mass is 10.1. The minimum atomic E-state index is 0.471. The second-order valence-corrected chi connectivity index (χ2v) is 4.12. The van der Waals surface area contributed by atoms with Gasteiger partial charge in [0.1, 0.15) is 11.8 Å². The van der Waals surface area contributed by atoms with Crippen LogP contribution in [0.1, 0.15) is 18.5 Å². The number of nitrogens with zero attached hydrogens (tertiary/aromatic N) is 3. The highest BCUT2D eigenvalue weighted by Gasteiger charge is 2.17. The van der Waals surface area contributed by atoms with Crippen LogP contribution in [0.3, 0.4) is 0 Å². The Kier molecular flexibility index (Phi) is 3.37. The summed E-state index contributed by atoms with van der Waals surface area (Å²) in [5.74, 6) is 0. The van der Waals surface area contributed by atoms with Gasteiger partial charge in [0.2, 0.25) is 0 Å². The minimum Gasteiger partial charge on any atom is -0.369 e. The van der Waals surface area contributed by atoms with E-state index in [1.165, 1.54) is 12.8 Å². The van der Waals surface area contributed by atoms with Crippen LogP contribution in [-0.2, 0) is 0 Å². The van der Waals surface area contributed by atoms with Crippen LogP contribution in [0.15, 0.2) is 18.3 Å². The van der Waals surface area contributed by atoms with Crippen molar-refractivity contribution in [1.29, 1.82) is 5.26 Å². The zero-order valence-electron chi connectivity index (χ0n) is 9.48. The molecule has 1 fully saturated rings. The zero-order valence-corrected chi connectivity index (χ0v) is 9.48. The van der Waals surface area contributed by atoms with E-state index in [9.17, 15) is 0 Å². The van der Waals surface area contributed by atoms with Gasteiger partial charge in [-0.1, -0.05) is 0 Å². The second-order valence-electron chi connectivity index (χ2n) is 4.12. The van der Waals surface area contributed by atoms with Gasteiger partial charge in [0.15, 0.2) is 0 Å². The summed E-state index contributed by atoms with van der Waals surface area (Å²) in [6.07, 6.45) is 4.20. The number of anilines is 1. The molecule has 4 heteroatoms. The van der Waals surface area contributed by atoms with Crippen LogP contribution >= 0.6 is 0 Å². The van der Waals surface area contributed by atoms with Gasteiger partial charge in [-0.3, -0.25) is 0 Å². The Morgan fingerprint density at radius 1 is 1.56 bits per heavy atom. The molecule has 0 aliphatic carbocycles. The van der Waals surface area contributed by atoms with Crippen LogP contribution in [0.5, 0.6) is 0 Å². The van der Waals surface area contributed by atoms with E-state index in [-0.39, 0.29) is 0 Å². The van der Waals surface area contributed by atoms with Crippen molar-refractivity contribution in [2.24, 2.45) is 0 Å². The lowest BCUT2D eigenvalue weighted by Gasteiger charge is -2.33. The highest BCUT2D eigenvalue weighted by molar-refractivity contribution is 5.46. The molecule has 1 saturated heterocycles. The Morgan fingerprint density at radius 2 is 2.44 bits per heavy atom. The van der Waals surface area contributed by atoms with E-state index in [2.05, 4.69) is 22.2 Å². The lowest BCUT2D eigenvalue weighted by Crippen LogP contribution is -2.44. The standard InChI is InChI=1S/C12H16N4/c1-16(11-3-2-6-14-8-11)12-5-4-10(7-13)15-9-12/h4-5,9,11,14H,2-3,6,8H2,1H3. The minimum absolute atomic E-state index is 0.471. The topological polar surface area (TPSA) is 52.0 Å². The Balaban J connectivity index is 2.07. The summed E-state index contributed by atoms with van der Waals surface area (Å²) in [7, 11) is 2.08. The van der Waals surface area contributed by atoms with E-state index in [1.54, 1.807) is 12.3 Å². The van der Waals surface area contributed by atoms with Gasteiger partial charge in [-0.05, 0) is 31.5 Å². The average molecular weight is 216 g/mol. The van der Waals surface area contributed by atoms with Crippen molar-refractivity contribution < 1.29 is 0 Å². The van der Waals surface area contributed by atoms with Gasteiger partial charge >= 0.3 is 0 Å². The first-order valence-corrected chi connectivity index (χ1v) is 5.61. The number of hydrogen-bond donors (Lipinski definition) is 1. The maximum atomic E-state index is 8.68. The van der Waals surface area contributed by atoms with Crippen LogP contribution in [0.4, 0.5) is 5.69 Å². The zero-order chi connectivity index (χ0) is 11.4. The van der Waals surface area contributed by atoms with E-state index in [0.29, 0.717) is 11.7 Å². The number of hydrogen-bond acceptors (Lipinski definition) is 4. The quantitative estimate of drug-likeness (QED) is 0.805. The van der Waals surface area contributed by atoms with E-state index >= 15 is 0 Å². The van der Waals surface area contributed by atoms with Crippen LogP contribution in [-0.4, -0.2) is 31.2 Å². The molecule has 1 aromatic rings. The molecule has 0 saturated carbocycles. The van der Waals surface area contributed by atoms with Crippen molar-refractivity contribution in [3.63, 3.8) is 0 Å². The van der Waals surface area contributed by atoms with Crippen molar-refractivity contribution in [3.05, 3.63) is 24.0 Å². The van der Waals surface area contributed by atoms with Crippen molar-refractivity contribution in [3.8, 4) is 6.07 Å². The SMILES string of the molecule is CN(c1ccc(C#N)nc1)C1CCCNC1. The van der Waals surface area contributed by atoms with Gasteiger partial charge < -0.3 is 10.2 Å². The van der Waals surface area contributed by atoms with E-state index in [0.717, 1.165) is 18.8 Å². The number of nitriles is 1. The van der Waals surface area contributed by atoms with Crippen molar-refractivity contribution in [2.75, 3.05) is 25.0 Å². The lowest BCUT2D eigenvalue weighted by molar-refractivity contribution is 0.445. The Labute approximate surface area is 95.9 Å². The maximum Gasteiger partial charge on any atom is 0.140 e. The summed E-state index contributed by atoms with van der Waals surface area (Å²) in [6, 6.07) is 6.29. The van der Waals surface area contributed by atoms with Crippen molar-refractivity contribution in [1.82, 2.24) is 10.3 Å². The molecule has 1 N–H and O–H groups in total. The first-order valence-electron chi connectivity index (χ1n) is 5.61. The number of piperidine rings is 1. The molecule has 0 aromatic carbocycles. The average Bonchev–Trinajstić information content (AvgIpc) is 2.39. The van der Waals surface area contributed by atoms with Crippen molar-refractivity contribution >= 4 is 5.69 Å². The summed E-state index contributed by atoms with van der Waals surface area (Å²) in [5, 5.41) is 12.1. The normalized spacial score (nSPS) is 20.1. The third-order valence-electron chi connectivity index (χ3n) is 3.09. The molecule has 2 heterocycles. The second kappa shape index (κ2) is 4.95. The molecule has 0 amide bonds. The molecule has 1 aromatic heterocycles. The van der Waals surface area contributed by atoms with Crippen LogP contribution in [0.25, 0.3) is 0 Å². The molecule has 1 aliphatic rings. The van der Waals surface area contributed by atoms with Gasteiger partial charge in [-0.15, -0.1) is 0 Å². The molecular weight excluding hydrogens is 200 g/mol. The van der Waals surface area contributed by atoms with Crippen molar-refractivity contribution in [2.45, 2.75) is 18.9 Å². The van der Waals surface area contributed by atoms with Gasteiger partial charge in [-0.25, -0.2) is 4.98 Å². The molecule has 0 bridgehead atoms. The molecule has 16 heavy (non-hydrogen) atoms. The Hall–Kier alpha value is -1.60. The third-order valence-corrected chi connectivity index (χ3v) is 3.09. The summed E-state index contributed by atoms with van der Waals surface area (Å²) in [6.45, 7) is 2.15. The Morgan fingerprint density at radius 3 is 3.00 bits per heavy atom. The highest BCUT2D eigenvalue weighted by Crippen LogP contribution is 2.17. The molecule has 2 rings (SSSR count). The summed E-state index contributed by atoms with van der Waals surface area (Å²) in [5.41, 5.74) is 1.55. The van der Waals surface area contributed by atoms with Gasteiger partial charge in [0.05, 0.1) is 11.9 Å². The summed E-state index contributed by atoms with van der Waals surface area (Å²) >= 11 is 0. The fourth-order valence-corrected chi connectivity index (χ4v) is 2.04. The Bertz CT molecular complexity index is 373. The number of aromatic nitrogens is 1. The molecule has 1 unspecified atom stereocenters. The summed E-state index contributed by atoms with van der Waals surface area (Å²) in [4.78, 5) is 6.33. The van der Waals surface area contributed by atoms with E-state index in [4.69, 9.17) is 5.26 Å². The van der Waals surface area contributed by atoms with Gasteiger partial charge in [-0.2, -0.15) is 5.26 Å². The molecule has 0 spiro atoms. The van der Waals surface area contributed by atoms with Crippen LogP contribution in [0, 0.1) is 11.3 Å². The molecule has 1 atom stereocenters. The number of nitrogens with one attached hydrogen (secondary N) is 1. The third kappa shape index (κ3) is 2.31. The van der Waals surface area contributed by atoms with Crippen LogP contribution in [0.2, 0.25) is 0 Å². The molecule has 1 aliphatic heterocycles. The molecule has 84 valence electrons. The smallest absolute Gasteiger partial charge is 0.140 e. The number of rotatable bonds is 2. The van der Waals surface area contributed by atoms with E-state index in [1.807, 2.05) is 12.1 Å². The largest absolute Gasteiger partial charge is 0.369 e. The van der Waals surface area contributed by atoms with E-state index < -0.39 is 0 Å². The highest BCUT2D eigenvalue weighted by atomic mass is 15.2. The molecule has 4 nitrogen and oxygen atoms in total. The predicted molar refractivity (Wildman–Crippen MR) is 63.2 cm³/mol. The number of likely N-dealkylation sites (N-methyl/N-ethyl adjacent to an activating group) is 1. The van der Waals surface area contributed by atoms with Gasteiger partial charge in [0.25, 0.3) is 0 Å². The first kappa shape index (κ1) is 10.9. The van der Waals surface area contributed by atoms with Gasteiger partial charge in [0, 0.05) is 19.6 Å².